The van der Waals surface area contributed by atoms with Gasteiger partial charge < -0.3 is 37.9 Å². The van der Waals surface area contributed by atoms with Gasteiger partial charge in [-0.2, -0.15) is 0 Å². The van der Waals surface area contributed by atoms with E-state index in [1.165, 1.54) is 32.1 Å². The molecule has 0 heterocycles. The highest BCUT2D eigenvalue weighted by Gasteiger charge is 2.16. The van der Waals surface area contributed by atoms with E-state index in [2.05, 4.69) is 13.8 Å². The summed E-state index contributed by atoms with van der Waals surface area (Å²) in [6.45, 7) is 14.3. The summed E-state index contributed by atoms with van der Waals surface area (Å²) in [5.74, 6) is -0.105. The number of rotatable bonds is 33. The van der Waals surface area contributed by atoms with Crippen molar-refractivity contribution in [3.63, 3.8) is 0 Å². The van der Waals surface area contributed by atoms with Crippen molar-refractivity contribution < 1.29 is 42.7 Å². The van der Waals surface area contributed by atoms with Crippen LogP contribution < -0.4 is 0 Å². The zero-order chi connectivity index (χ0) is 28.5. The van der Waals surface area contributed by atoms with Gasteiger partial charge in [-0.1, -0.05) is 65.7 Å². The molecular weight excluding hydrogens is 504 g/mol. The minimum absolute atomic E-state index is 0.00675. The van der Waals surface area contributed by atoms with Gasteiger partial charge in [-0.25, -0.2) is 0 Å². The average molecular weight is 565 g/mol. The molecule has 0 aromatic heterocycles. The van der Waals surface area contributed by atoms with Gasteiger partial charge >= 0.3 is 5.97 Å². The second kappa shape index (κ2) is 33.4. The zero-order valence-corrected chi connectivity index (χ0v) is 25.4. The van der Waals surface area contributed by atoms with Crippen molar-refractivity contribution in [2.75, 3.05) is 99.1 Å². The van der Waals surface area contributed by atoms with Crippen LogP contribution in [0.2, 0.25) is 0 Å². The van der Waals surface area contributed by atoms with Gasteiger partial charge in [0.25, 0.3) is 0 Å². The Bertz CT molecular complexity index is 479. The van der Waals surface area contributed by atoms with Crippen LogP contribution in [0, 0.1) is 5.92 Å². The molecule has 0 spiro atoms. The summed E-state index contributed by atoms with van der Waals surface area (Å²) < 4.78 is 43.7. The lowest BCUT2D eigenvalue weighted by molar-refractivity contribution is -0.150. The first-order valence-corrected chi connectivity index (χ1v) is 15.5. The molecule has 0 saturated carbocycles. The number of unbranched alkanes of at least 4 members (excludes halogenated alkanes) is 6. The lowest BCUT2D eigenvalue weighted by Gasteiger charge is -2.13. The quantitative estimate of drug-likeness (QED) is 0.0786. The third kappa shape index (κ3) is 30.0. The first-order chi connectivity index (χ1) is 19.3. The van der Waals surface area contributed by atoms with E-state index in [1.54, 1.807) is 0 Å². The van der Waals surface area contributed by atoms with Crippen LogP contribution in [0.15, 0.2) is 0 Å². The predicted molar refractivity (Wildman–Crippen MR) is 153 cm³/mol. The Balaban J connectivity index is 3.16. The van der Waals surface area contributed by atoms with E-state index in [9.17, 15) is 4.79 Å². The topological polar surface area (TPSA) is 90.9 Å². The van der Waals surface area contributed by atoms with Gasteiger partial charge in [0.05, 0.1) is 91.8 Å². The Morgan fingerprint density at radius 2 is 0.795 bits per heavy atom. The lowest BCUT2D eigenvalue weighted by atomic mass is 10.00. The summed E-state index contributed by atoms with van der Waals surface area (Å²) in [5.41, 5.74) is 0. The molecule has 0 aliphatic rings. The molecule has 0 aliphatic heterocycles. The highest BCUT2D eigenvalue weighted by molar-refractivity contribution is 5.72. The first-order valence-electron chi connectivity index (χ1n) is 15.5. The van der Waals surface area contributed by atoms with Crippen molar-refractivity contribution in [2.45, 2.75) is 85.0 Å². The number of hydrogen-bond donors (Lipinski definition) is 0. The molecule has 9 nitrogen and oxygen atoms in total. The van der Waals surface area contributed by atoms with Gasteiger partial charge in [0.2, 0.25) is 0 Å². The van der Waals surface area contributed by atoms with Crippen LogP contribution in [-0.2, 0) is 42.7 Å². The van der Waals surface area contributed by atoms with Crippen molar-refractivity contribution in [1.82, 2.24) is 0 Å². The fraction of sp³-hybridized carbons (Fsp3) is 0.967. The fourth-order valence-electron chi connectivity index (χ4n) is 3.66. The highest BCUT2D eigenvalue weighted by atomic mass is 16.6. The van der Waals surface area contributed by atoms with E-state index in [4.69, 9.17) is 37.9 Å². The van der Waals surface area contributed by atoms with Crippen LogP contribution in [0.1, 0.15) is 85.0 Å². The smallest absolute Gasteiger partial charge is 0.308 e. The summed E-state index contributed by atoms with van der Waals surface area (Å²) in [7, 11) is 0. The van der Waals surface area contributed by atoms with E-state index >= 15 is 0 Å². The monoisotopic (exact) mass is 564 g/mol. The van der Waals surface area contributed by atoms with Crippen LogP contribution >= 0.6 is 0 Å². The fourth-order valence-corrected chi connectivity index (χ4v) is 3.66. The van der Waals surface area contributed by atoms with E-state index in [0.717, 1.165) is 38.7 Å². The molecule has 9 heteroatoms. The Kier molecular flexibility index (Phi) is 32.7. The van der Waals surface area contributed by atoms with Gasteiger partial charge in [-0.05, 0) is 19.3 Å². The molecule has 0 saturated heterocycles. The maximum Gasteiger partial charge on any atom is 0.308 e. The molecule has 0 fully saturated rings. The second-order valence-corrected chi connectivity index (χ2v) is 9.47. The van der Waals surface area contributed by atoms with Crippen LogP contribution in [-0.4, -0.2) is 105 Å². The van der Waals surface area contributed by atoms with Crippen molar-refractivity contribution >= 4 is 5.97 Å². The highest BCUT2D eigenvalue weighted by Crippen LogP contribution is 2.14. The van der Waals surface area contributed by atoms with Gasteiger partial charge in [0, 0.05) is 6.61 Å². The van der Waals surface area contributed by atoms with Crippen molar-refractivity contribution in [3.05, 3.63) is 0 Å². The van der Waals surface area contributed by atoms with E-state index in [1.807, 2.05) is 6.92 Å². The molecule has 0 radical (unpaired) electrons. The molecule has 1 unspecified atom stereocenters. The standard InChI is InChI=1S/C30H60O9/c1-4-7-9-10-11-12-14-32-15-16-33-17-18-34-19-20-35-21-22-36-23-24-37-25-26-38-27-28-39-30(31)29(6-3)13-8-5-2/h29H,4-28H2,1-3H3. The van der Waals surface area contributed by atoms with Crippen LogP contribution in [0.3, 0.4) is 0 Å². The van der Waals surface area contributed by atoms with E-state index < -0.39 is 0 Å². The Labute approximate surface area is 238 Å². The Morgan fingerprint density at radius 1 is 0.436 bits per heavy atom. The zero-order valence-electron chi connectivity index (χ0n) is 25.4. The predicted octanol–water partition coefficient (Wildman–Crippen LogP) is 5.22. The number of esters is 1. The molecule has 39 heavy (non-hydrogen) atoms. The molecule has 0 aliphatic carbocycles. The van der Waals surface area contributed by atoms with Gasteiger partial charge in [-0.3, -0.25) is 4.79 Å². The van der Waals surface area contributed by atoms with Gasteiger partial charge in [0.15, 0.2) is 0 Å². The maximum atomic E-state index is 12.0. The summed E-state index contributed by atoms with van der Waals surface area (Å²) in [6.07, 6.45) is 11.6. The SMILES string of the molecule is CCCCCCCCOCCOCCOCCOCCOCCOCCOCCOC(=O)C(CC)CCCC. The number of ether oxygens (including phenoxy) is 8. The third-order valence-corrected chi connectivity index (χ3v) is 6.08. The maximum absolute atomic E-state index is 12.0. The van der Waals surface area contributed by atoms with Gasteiger partial charge in [0.1, 0.15) is 6.61 Å². The molecule has 1 atom stereocenters. The molecule has 0 bridgehead atoms. The van der Waals surface area contributed by atoms with Crippen LogP contribution in [0.5, 0.6) is 0 Å². The molecule has 0 aromatic rings. The molecule has 234 valence electrons. The van der Waals surface area contributed by atoms with Crippen LogP contribution in [0.4, 0.5) is 0 Å². The third-order valence-electron chi connectivity index (χ3n) is 6.08. The minimum Gasteiger partial charge on any atom is -0.463 e. The molecule has 0 N–H and O–H groups in total. The molecule has 0 amide bonds. The van der Waals surface area contributed by atoms with E-state index in [-0.39, 0.29) is 18.5 Å². The number of hydrogen-bond acceptors (Lipinski definition) is 9. The average Bonchev–Trinajstić information content (AvgIpc) is 2.95. The van der Waals surface area contributed by atoms with Gasteiger partial charge in [-0.15, -0.1) is 0 Å². The molecular formula is C30H60O9. The van der Waals surface area contributed by atoms with Crippen molar-refractivity contribution in [1.29, 1.82) is 0 Å². The number of carbonyl (C=O) groups is 1. The summed E-state index contributed by atoms with van der Waals surface area (Å²) in [4.78, 5) is 12.0. The molecule has 0 rings (SSSR count). The van der Waals surface area contributed by atoms with Crippen molar-refractivity contribution in [2.24, 2.45) is 5.92 Å². The summed E-state index contributed by atoms with van der Waals surface area (Å²) in [5, 5.41) is 0. The van der Waals surface area contributed by atoms with Crippen molar-refractivity contribution in [3.8, 4) is 0 Å². The Morgan fingerprint density at radius 3 is 1.21 bits per heavy atom. The van der Waals surface area contributed by atoms with E-state index in [0.29, 0.717) is 85.9 Å². The minimum atomic E-state index is -0.111. The normalized spacial score (nSPS) is 12.2. The second-order valence-electron chi connectivity index (χ2n) is 9.47. The summed E-state index contributed by atoms with van der Waals surface area (Å²) in [6, 6.07) is 0. The summed E-state index contributed by atoms with van der Waals surface area (Å²) >= 11 is 0. The lowest BCUT2D eigenvalue weighted by Crippen LogP contribution is -2.20. The first kappa shape index (κ1) is 38.2. The van der Waals surface area contributed by atoms with Crippen LogP contribution in [0.25, 0.3) is 0 Å². The number of carbonyl (C=O) groups excluding carboxylic acids is 1. The Hall–Kier alpha value is -0.810. The molecule has 0 aromatic carbocycles. The largest absolute Gasteiger partial charge is 0.463 e.